The van der Waals surface area contributed by atoms with Gasteiger partial charge in [0.2, 0.25) is 0 Å². The fraction of sp³-hybridized carbons (Fsp3) is 0.263. The zero-order chi connectivity index (χ0) is 18.9. The summed E-state index contributed by atoms with van der Waals surface area (Å²) >= 11 is 0. The van der Waals surface area contributed by atoms with Gasteiger partial charge >= 0.3 is 0 Å². The highest BCUT2D eigenvalue weighted by Gasteiger charge is 2.19. The van der Waals surface area contributed by atoms with E-state index in [1.807, 2.05) is 30.3 Å². The summed E-state index contributed by atoms with van der Waals surface area (Å²) in [6.07, 6.45) is 3.20. The molecule has 1 aromatic carbocycles. The smallest absolute Gasteiger partial charge is 0.174 e. The van der Waals surface area contributed by atoms with Crippen LogP contribution in [0.5, 0.6) is 0 Å². The van der Waals surface area contributed by atoms with Gasteiger partial charge < -0.3 is 20.5 Å². The van der Waals surface area contributed by atoms with E-state index in [0.717, 1.165) is 34.3 Å². The number of hydrogen-bond donors (Lipinski definition) is 3. The topological polar surface area (TPSA) is 100 Å². The van der Waals surface area contributed by atoms with Crippen LogP contribution in [0, 0.1) is 0 Å². The summed E-state index contributed by atoms with van der Waals surface area (Å²) < 4.78 is 5.40. The largest absolute Gasteiger partial charge is 0.359 e. The molecule has 0 atom stereocenters. The number of benzene rings is 1. The van der Waals surface area contributed by atoms with E-state index in [2.05, 4.69) is 56.8 Å². The molecule has 4 rings (SSSR count). The number of aliphatic imine (C=N–C) groups is 1. The molecule has 1 aliphatic rings. The molecule has 8 heteroatoms. The van der Waals surface area contributed by atoms with Crippen LogP contribution in [0.25, 0.3) is 0 Å². The number of nitrogens with zero attached hydrogens (tertiary/aromatic N) is 4. The highest BCUT2D eigenvalue weighted by atomic mass is 16.5. The maximum atomic E-state index is 5.40. The van der Waals surface area contributed by atoms with Gasteiger partial charge in [-0.05, 0) is 24.3 Å². The molecule has 0 saturated carbocycles. The van der Waals surface area contributed by atoms with Gasteiger partial charge in [0.15, 0.2) is 11.6 Å². The van der Waals surface area contributed by atoms with Gasteiger partial charge in [0.05, 0.1) is 18.6 Å². The molecule has 138 valence electrons. The molecule has 0 radical (unpaired) electrons. The second kappa shape index (κ2) is 6.71. The van der Waals surface area contributed by atoms with E-state index in [4.69, 9.17) is 4.52 Å². The van der Waals surface area contributed by atoms with Gasteiger partial charge in [0.1, 0.15) is 17.8 Å². The SMILES string of the molecule is CC(C)(C)c1cc(Nc2ccc(Nc3ncnc4c3NC=NC4)cc2)no1. The maximum Gasteiger partial charge on any atom is 0.174 e. The normalized spacial score (nSPS) is 13.0. The Bertz CT molecular complexity index is 970. The monoisotopic (exact) mass is 363 g/mol. The van der Waals surface area contributed by atoms with Crippen LogP contribution in [0.15, 0.2) is 46.2 Å². The van der Waals surface area contributed by atoms with Crippen molar-refractivity contribution >= 4 is 35.0 Å². The molecule has 0 unspecified atom stereocenters. The van der Waals surface area contributed by atoms with Crippen molar-refractivity contribution in [2.24, 2.45) is 4.99 Å². The summed E-state index contributed by atoms with van der Waals surface area (Å²) in [7, 11) is 0. The van der Waals surface area contributed by atoms with Gasteiger partial charge in [-0.2, -0.15) is 0 Å². The molecule has 3 heterocycles. The first kappa shape index (κ1) is 17.0. The van der Waals surface area contributed by atoms with Crippen LogP contribution < -0.4 is 16.0 Å². The van der Waals surface area contributed by atoms with Crippen molar-refractivity contribution in [1.82, 2.24) is 15.1 Å². The zero-order valence-corrected chi connectivity index (χ0v) is 15.4. The summed E-state index contributed by atoms with van der Waals surface area (Å²) in [6.45, 7) is 6.82. The summed E-state index contributed by atoms with van der Waals surface area (Å²) in [6, 6.07) is 9.80. The van der Waals surface area contributed by atoms with Gasteiger partial charge in [-0.3, -0.25) is 4.99 Å². The van der Waals surface area contributed by atoms with E-state index >= 15 is 0 Å². The molecule has 0 amide bonds. The minimum absolute atomic E-state index is 0.0733. The Hall–Kier alpha value is -3.42. The highest BCUT2D eigenvalue weighted by molar-refractivity contribution is 5.86. The maximum absolute atomic E-state index is 5.40. The highest BCUT2D eigenvalue weighted by Crippen LogP contribution is 2.29. The molecule has 3 N–H and O–H groups in total. The van der Waals surface area contributed by atoms with Crippen molar-refractivity contribution in [2.75, 3.05) is 16.0 Å². The minimum atomic E-state index is -0.0733. The molecular formula is C19H21N7O. The van der Waals surface area contributed by atoms with Crippen LogP contribution in [-0.4, -0.2) is 21.5 Å². The van der Waals surface area contributed by atoms with Crippen LogP contribution in [-0.2, 0) is 12.0 Å². The Morgan fingerprint density at radius 1 is 1.04 bits per heavy atom. The number of nitrogens with one attached hydrogen (secondary N) is 3. The third-order valence-electron chi connectivity index (χ3n) is 4.14. The van der Waals surface area contributed by atoms with Gasteiger partial charge in [0.25, 0.3) is 0 Å². The Morgan fingerprint density at radius 2 is 1.78 bits per heavy atom. The lowest BCUT2D eigenvalue weighted by molar-refractivity contribution is 0.331. The van der Waals surface area contributed by atoms with Crippen molar-refractivity contribution in [2.45, 2.75) is 32.7 Å². The van der Waals surface area contributed by atoms with Crippen molar-refractivity contribution in [1.29, 1.82) is 0 Å². The van der Waals surface area contributed by atoms with Gasteiger partial charge in [-0.15, -0.1) is 0 Å². The number of aromatic nitrogens is 3. The van der Waals surface area contributed by atoms with Crippen molar-refractivity contribution in [3.8, 4) is 0 Å². The number of anilines is 5. The van der Waals surface area contributed by atoms with E-state index in [0.29, 0.717) is 12.4 Å². The van der Waals surface area contributed by atoms with Crippen LogP contribution in [0.1, 0.15) is 32.2 Å². The lowest BCUT2D eigenvalue weighted by atomic mass is 9.93. The van der Waals surface area contributed by atoms with Crippen molar-refractivity contribution in [3.63, 3.8) is 0 Å². The quantitative estimate of drug-likeness (QED) is 0.638. The van der Waals surface area contributed by atoms with E-state index in [1.54, 1.807) is 6.34 Å². The van der Waals surface area contributed by atoms with E-state index < -0.39 is 0 Å². The van der Waals surface area contributed by atoms with Gasteiger partial charge in [-0.1, -0.05) is 25.9 Å². The summed E-state index contributed by atoms with van der Waals surface area (Å²) in [5, 5.41) is 13.7. The average molecular weight is 363 g/mol. The van der Waals surface area contributed by atoms with E-state index in [9.17, 15) is 0 Å². The van der Waals surface area contributed by atoms with E-state index in [1.165, 1.54) is 6.33 Å². The Morgan fingerprint density at radius 3 is 2.48 bits per heavy atom. The lowest BCUT2D eigenvalue weighted by Crippen LogP contribution is -2.11. The molecule has 0 saturated heterocycles. The number of rotatable bonds is 4. The molecule has 8 nitrogen and oxygen atoms in total. The first-order valence-electron chi connectivity index (χ1n) is 8.69. The van der Waals surface area contributed by atoms with Crippen LogP contribution in [0.2, 0.25) is 0 Å². The van der Waals surface area contributed by atoms with E-state index in [-0.39, 0.29) is 5.41 Å². The van der Waals surface area contributed by atoms with Crippen LogP contribution in [0.3, 0.4) is 0 Å². The fourth-order valence-corrected chi connectivity index (χ4v) is 2.64. The first-order chi connectivity index (χ1) is 13.0. The lowest BCUT2D eigenvalue weighted by Gasteiger charge is -2.15. The third kappa shape index (κ3) is 3.74. The third-order valence-corrected chi connectivity index (χ3v) is 4.14. The zero-order valence-electron chi connectivity index (χ0n) is 15.4. The van der Waals surface area contributed by atoms with Crippen molar-refractivity contribution in [3.05, 3.63) is 48.1 Å². The molecule has 0 fully saturated rings. The predicted octanol–water partition coefficient (Wildman–Crippen LogP) is 4.20. The molecule has 1 aliphatic heterocycles. The molecule has 0 aliphatic carbocycles. The fourth-order valence-electron chi connectivity index (χ4n) is 2.64. The summed E-state index contributed by atoms with van der Waals surface area (Å²) in [5.41, 5.74) is 3.49. The molecular weight excluding hydrogens is 342 g/mol. The van der Waals surface area contributed by atoms with Crippen LogP contribution >= 0.6 is 0 Å². The second-order valence-electron chi connectivity index (χ2n) is 7.31. The molecule has 3 aromatic rings. The average Bonchev–Trinajstić information content (AvgIpc) is 3.13. The van der Waals surface area contributed by atoms with Crippen LogP contribution in [0.4, 0.5) is 28.7 Å². The van der Waals surface area contributed by atoms with Gasteiger partial charge in [0, 0.05) is 22.9 Å². The second-order valence-corrected chi connectivity index (χ2v) is 7.31. The number of fused-ring (bicyclic) bond motifs is 1. The summed E-state index contributed by atoms with van der Waals surface area (Å²) in [4.78, 5) is 12.7. The molecule has 2 aromatic heterocycles. The molecule has 0 spiro atoms. The standard InChI is InChI=1S/C19H21N7O/c1-19(2,3)15-8-16(26-27-15)24-12-4-6-13(7-5-12)25-18-17-14(21-11-23-18)9-20-10-22-17/h4-8,10-11H,9H2,1-3H3,(H,20,22)(H,24,26)(H,21,23,25). The Balaban J connectivity index is 1.46. The van der Waals surface area contributed by atoms with Gasteiger partial charge in [-0.25, -0.2) is 9.97 Å². The Labute approximate surface area is 157 Å². The first-order valence-corrected chi connectivity index (χ1v) is 8.69. The molecule has 0 bridgehead atoms. The summed E-state index contributed by atoms with van der Waals surface area (Å²) in [5.74, 6) is 2.25. The number of hydrogen-bond acceptors (Lipinski definition) is 8. The minimum Gasteiger partial charge on any atom is -0.359 e. The Kier molecular flexibility index (Phi) is 4.23. The van der Waals surface area contributed by atoms with Crippen molar-refractivity contribution < 1.29 is 4.52 Å². The predicted molar refractivity (Wildman–Crippen MR) is 106 cm³/mol. The molecule has 27 heavy (non-hydrogen) atoms.